The molecule has 1 unspecified atom stereocenters. The lowest BCUT2D eigenvalue weighted by atomic mass is 10.1. The van der Waals surface area contributed by atoms with Gasteiger partial charge in [0.05, 0.1) is 5.69 Å². The summed E-state index contributed by atoms with van der Waals surface area (Å²) in [6.07, 6.45) is 4.57. The molecule has 1 fully saturated rings. The van der Waals surface area contributed by atoms with Crippen LogP contribution in [0, 0.1) is 12.8 Å². The van der Waals surface area contributed by atoms with Crippen molar-refractivity contribution < 1.29 is 9.90 Å². The van der Waals surface area contributed by atoms with Crippen LogP contribution < -0.4 is 0 Å². The fourth-order valence-electron chi connectivity index (χ4n) is 2.24. The Morgan fingerprint density at radius 2 is 2.15 bits per heavy atom. The number of rotatable bonds is 7. The van der Waals surface area contributed by atoms with E-state index in [1.54, 1.807) is 18.7 Å². The summed E-state index contributed by atoms with van der Waals surface area (Å²) >= 11 is 1.56. The van der Waals surface area contributed by atoms with Crippen molar-refractivity contribution in [2.24, 2.45) is 5.92 Å². The van der Waals surface area contributed by atoms with E-state index in [4.69, 9.17) is 0 Å². The van der Waals surface area contributed by atoms with Gasteiger partial charge in [-0.15, -0.1) is 11.8 Å². The molecule has 0 amide bonds. The number of hydrogen-bond acceptors (Lipinski definition) is 4. The summed E-state index contributed by atoms with van der Waals surface area (Å²) in [6.45, 7) is 6.15. The smallest absolute Gasteiger partial charge is 0.340 e. The summed E-state index contributed by atoms with van der Waals surface area (Å²) in [5.74, 6) is 1.85. The molecule has 4 nitrogen and oxygen atoms in total. The van der Waals surface area contributed by atoms with Crippen LogP contribution in [-0.2, 0) is 0 Å². The number of carbonyl (C=O) groups is 1. The molecule has 0 bridgehead atoms. The molecule has 20 heavy (non-hydrogen) atoms. The molecule has 1 heterocycles. The number of nitrogens with zero attached hydrogens (tertiary/aromatic N) is 2. The van der Waals surface area contributed by atoms with Crippen molar-refractivity contribution in [3.8, 4) is 0 Å². The maximum absolute atomic E-state index is 11.4. The van der Waals surface area contributed by atoms with E-state index in [2.05, 4.69) is 23.8 Å². The van der Waals surface area contributed by atoms with Crippen LogP contribution in [0.25, 0.3) is 0 Å². The Kier molecular flexibility index (Phi) is 5.02. The minimum absolute atomic E-state index is 0.281. The number of thioether (sulfide) groups is 1. The van der Waals surface area contributed by atoms with Crippen LogP contribution in [0.15, 0.2) is 5.03 Å². The first-order valence-corrected chi connectivity index (χ1v) is 8.26. The fraction of sp³-hybridized carbons (Fsp3) is 0.667. The highest BCUT2D eigenvalue weighted by molar-refractivity contribution is 7.99. The highest BCUT2D eigenvalue weighted by Gasteiger charge is 2.29. The second-order valence-electron chi connectivity index (χ2n) is 5.63. The fourth-order valence-corrected chi connectivity index (χ4v) is 3.39. The number of carboxylic acid groups (broad SMARTS) is 1. The zero-order valence-electron chi connectivity index (χ0n) is 12.3. The molecule has 110 valence electrons. The van der Waals surface area contributed by atoms with Gasteiger partial charge in [-0.05, 0) is 25.7 Å². The third-order valence-electron chi connectivity index (χ3n) is 3.52. The maximum atomic E-state index is 11.4. The second-order valence-corrected chi connectivity index (χ2v) is 6.64. The van der Waals surface area contributed by atoms with Gasteiger partial charge in [0.1, 0.15) is 16.4 Å². The van der Waals surface area contributed by atoms with Crippen LogP contribution in [0.1, 0.15) is 67.3 Å². The van der Waals surface area contributed by atoms with Crippen LogP contribution >= 0.6 is 11.8 Å². The SMILES string of the molecule is CCCC(C)CSc1nc(C2CC2)nc(C)c1C(=O)O. The molecule has 0 spiro atoms. The summed E-state index contributed by atoms with van der Waals surface area (Å²) in [5, 5.41) is 10.0. The molecular weight excluding hydrogens is 272 g/mol. The second kappa shape index (κ2) is 6.57. The molecule has 5 heteroatoms. The van der Waals surface area contributed by atoms with Crippen molar-refractivity contribution in [3.63, 3.8) is 0 Å². The van der Waals surface area contributed by atoms with Crippen LogP contribution in [0.2, 0.25) is 0 Å². The lowest BCUT2D eigenvalue weighted by Gasteiger charge is -2.12. The third kappa shape index (κ3) is 3.72. The minimum Gasteiger partial charge on any atom is -0.478 e. The van der Waals surface area contributed by atoms with Crippen molar-refractivity contribution >= 4 is 17.7 Å². The Labute approximate surface area is 124 Å². The molecule has 1 aliphatic rings. The molecule has 1 aliphatic carbocycles. The van der Waals surface area contributed by atoms with E-state index < -0.39 is 5.97 Å². The van der Waals surface area contributed by atoms with Gasteiger partial charge < -0.3 is 5.11 Å². The predicted octanol–water partition coefficient (Wildman–Crippen LogP) is 3.89. The number of aromatic nitrogens is 2. The number of hydrogen-bond donors (Lipinski definition) is 1. The first-order chi connectivity index (χ1) is 9.52. The van der Waals surface area contributed by atoms with Gasteiger partial charge in [0.2, 0.25) is 0 Å². The van der Waals surface area contributed by atoms with E-state index >= 15 is 0 Å². The van der Waals surface area contributed by atoms with E-state index in [9.17, 15) is 9.90 Å². The normalized spacial score (nSPS) is 16.1. The molecule has 1 atom stereocenters. The van der Waals surface area contributed by atoms with Gasteiger partial charge in [-0.2, -0.15) is 0 Å². The Balaban J connectivity index is 2.21. The molecule has 0 aliphatic heterocycles. The van der Waals surface area contributed by atoms with Gasteiger partial charge in [0, 0.05) is 11.7 Å². The third-order valence-corrected chi connectivity index (χ3v) is 4.82. The Morgan fingerprint density at radius 1 is 1.45 bits per heavy atom. The van der Waals surface area contributed by atoms with E-state index in [0.717, 1.165) is 37.3 Å². The molecule has 1 N–H and O–H groups in total. The van der Waals surface area contributed by atoms with Crippen LogP contribution in [0.3, 0.4) is 0 Å². The standard InChI is InChI=1S/C15H22N2O2S/c1-4-5-9(2)8-20-14-12(15(18)19)10(3)16-13(17-14)11-6-7-11/h9,11H,4-8H2,1-3H3,(H,18,19). The van der Waals surface area contributed by atoms with Gasteiger partial charge in [0.25, 0.3) is 0 Å². The molecule has 2 rings (SSSR count). The van der Waals surface area contributed by atoms with Gasteiger partial charge >= 0.3 is 5.97 Å². The molecule has 0 aromatic carbocycles. The zero-order valence-corrected chi connectivity index (χ0v) is 13.2. The van der Waals surface area contributed by atoms with Gasteiger partial charge in [-0.25, -0.2) is 14.8 Å². The summed E-state index contributed by atoms with van der Waals surface area (Å²) in [5.41, 5.74) is 0.878. The van der Waals surface area contributed by atoms with Crippen molar-refractivity contribution in [3.05, 3.63) is 17.1 Å². The minimum atomic E-state index is -0.921. The highest BCUT2D eigenvalue weighted by Crippen LogP contribution is 2.39. The Morgan fingerprint density at radius 3 is 2.70 bits per heavy atom. The molecule has 1 aromatic heterocycles. The zero-order chi connectivity index (χ0) is 14.7. The Hall–Kier alpha value is -1.10. The maximum Gasteiger partial charge on any atom is 0.340 e. The van der Waals surface area contributed by atoms with E-state index in [0.29, 0.717) is 22.6 Å². The van der Waals surface area contributed by atoms with Crippen molar-refractivity contribution in [1.82, 2.24) is 9.97 Å². The summed E-state index contributed by atoms with van der Waals surface area (Å²) in [7, 11) is 0. The monoisotopic (exact) mass is 294 g/mol. The van der Waals surface area contributed by atoms with E-state index in [1.165, 1.54) is 0 Å². The predicted molar refractivity (Wildman–Crippen MR) is 80.5 cm³/mol. The first kappa shape index (κ1) is 15.3. The van der Waals surface area contributed by atoms with Gasteiger partial charge in [-0.1, -0.05) is 26.7 Å². The average Bonchev–Trinajstić information content (AvgIpc) is 3.19. The van der Waals surface area contributed by atoms with Crippen molar-refractivity contribution in [2.75, 3.05) is 5.75 Å². The number of aromatic carboxylic acids is 1. The highest BCUT2D eigenvalue weighted by atomic mass is 32.2. The summed E-state index contributed by atoms with van der Waals surface area (Å²) in [6, 6.07) is 0. The molecule has 0 radical (unpaired) electrons. The number of carboxylic acids is 1. The molecule has 1 saturated carbocycles. The lowest BCUT2D eigenvalue weighted by molar-refractivity contribution is 0.0690. The quantitative estimate of drug-likeness (QED) is 0.610. The van der Waals surface area contributed by atoms with Crippen LogP contribution in [-0.4, -0.2) is 26.8 Å². The lowest BCUT2D eigenvalue weighted by Crippen LogP contribution is -2.10. The van der Waals surface area contributed by atoms with Crippen LogP contribution in [0.4, 0.5) is 0 Å². The van der Waals surface area contributed by atoms with Gasteiger partial charge in [0.15, 0.2) is 0 Å². The summed E-state index contributed by atoms with van der Waals surface area (Å²) in [4.78, 5) is 20.3. The van der Waals surface area contributed by atoms with Crippen LogP contribution in [0.5, 0.6) is 0 Å². The molecular formula is C15H22N2O2S. The topological polar surface area (TPSA) is 63.1 Å². The molecule has 0 saturated heterocycles. The van der Waals surface area contributed by atoms with Crippen molar-refractivity contribution in [2.45, 2.75) is 57.4 Å². The largest absolute Gasteiger partial charge is 0.478 e. The molecule has 1 aromatic rings. The van der Waals surface area contributed by atoms with E-state index in [1.807, 2.05) is 0 Å². The van der Waals surface area contributed by atoms with E-state index in [-0.39, 0.29) is 5.56 Å². The Bertz CT molecular complexity index is 501. The number of aryl methyl sites for hydroxylation is 1. The van der Waals surface area contributed by atoms with Crippen molar-refractivity contribution in [1.29, 1.82) is 0 Å². The first-order valence-electron chi connectivity index (χ1n) is 7.27. The van der Waals surface area contributed by atoms with Gasteiger partial charge in [-0.3, -0.25) is 0 Å². The average molecular weight is 294 g/mol. The summed E-state index contributed by atoms with van der Waals surface area (Å²) < 4.78 is 0.